The molecule has 2 fully saturated rings. The van der Waals surface area contributed by atoms with Crippen LogP contribution in [0.25, 0.3) is 0 Å². The summed E-state index contributed by atoms with van der Waals surface area (Å²) in [7, 11) is 0. The van der Waals surface area contributed by atoms with Gasteiger partial charge in [-0.2, -0.15) is 0 Å². The van der Waals surface area contributed by atoms with E-state index in [2.05, 4.69) is 33.1 Å². The van der Waals surface area contributed by atoms with E-state index in [0.717, 1.165) is 58.8 Å². The molecule has 116 valence electrons. The van der Waals surface area contributed by atoms with Crippen molar-refractivity contribution in [2.45, 2.75) is 25.5 Å². The summed E-state index contributed by atoms with van der Waals surface area (Å²) in [5.74, 6) is 0. The van der Waals surface area contributed by atoms with Crippen molar-refractivity contribution in [3.8, 4) is 0 Å². The van der Waals surface area contributed by atoms with E-state index in [9.17, 15) is 5.11 Å². The zero-order chi connectivity index (χ0) is 14.7. The van der Waals surface area contributed by atoms with Crippen LogP contribution in [0.4, 0.5) is 0 Å². The van der Waals surface area contributed by atoms with Crippen LogP contribution >= 0.6 is 0 Å². The van der Waals surface area contributed by atoms with Gasteiger partial charge in [-0.25, -0.2) is 0 Å². The molecule has 2 N–H and O–H groups in total. The van der Waals surface area contributed by atoms with E-state index in [1.807, 2.05) is 12.3 Å². The Morgan fingerprint density at radius 3 is 2.71 bits per heavy atom. The van der Waals surface area contributed by atoms with Crippen LogP contribution in [0.15, 0.2) is 18.3 Å². The molecule has 0 spiro atoms. The molecule has 2 saturated heterocycles. The van der Waals surface area contributed by atoms with E-state index in [1.165, 1.54) is 11.3 Å². The number of hydrogen-bond acceptors (Lipinski definition) is 5. The second-order valence-corrected chi connectivity index (χ2v) is 6.47. The average molecular weight is 290 g/mol. The van der Waals surface area contributed by atoms with Gasteiger partial charge in [0.2, 0.25) is 0 Å². The number of β-amino-alcohol motifs (C(OH)–C–C–N with tert-alkyl or cyclic N) is 1. The van der Waals surface area contributed by atoms with Gasteiger partial charge in [-0.1, -0.05) is 6.07 Å². The minimum Gasteiger partial charge on any atom is -0.387 e. The Hall–Kier alpha value is -1.01. The zero-order valence-corrected chi connectivity index (χ0v) is 12.9. The Kier molecular flexibility index (Phi) is 4.54. The molecular weight excluding hydrogens is 264 g/mol. The van der Waals surface area contributed by atoms with Crippen molar-refractivity contribution < 1.29 is 5.11 Å². The fourth-order valence-electron chi connectivity index (χ4n) is 3.28. The quantitative estimate of drug-likeness (QED) is 0.831. The number of aromatic nitrogens is 1. The molecule has 1 aromatic heterocycles. The molecule has 3 heterocycles. The first-order valence-electron chi connectivity index (χ1n) is 7.93. The van der Waals surface area contributed by atoms with Gasteiger partial charge in [0.1, 0.15) is 0 Å². The first-order chi connectivity index (χ1) is 10.1. The van der Waals surface area contributed by atoms with Gasteiger partial charge >= 0.3 is 0 Å². The van der Waals surface area contributed by atoms with Crippen molar-refractivity contribution in [2.24, 2.45) is 0 Å². The van der Waals surface area contributed by atoms with E-state index >= 15 is 0 Å². The molecule has 5 nitrogen and oxygen atoms in total. The minimum atomic E-state index is -0.514. The maximum absolute atomic E-state index is 10.5. The first-order valence-corrected chi connectivity index (χ1v) is 7.93. The van der Waals surface area contributed by atoms with Crippen LogP contribution in [0.2, 0.25) is 0 Å². The number of rotatable bonds is 4. The lowest BCUT2D eigenvalue weighted by atomic mass is 10.0. The van der Waals surface area contributed by atoms with Gasteiger partial charge in [0.25, 0.3) is 0 Å². The lowest BCUT2D eigenvalue weighted by Gasteiger charge is -2.38. The first kappa shape index (κ1) is 14.9. The number of hydrogen-bond donors (Lipinski definition) is 2. The number of nitrogens with zero attached hydrogens (tertiary/aromatic N) is 3. The number of nitrogens with one attached hydrogen (secondary N) is 1. The lowest BCUT2D eigenvalue weighted by molar-refractivity contribution is 0.00413. The second kappa shape index (κ2) is 6.40. The van der Waals surface area contributed by atoms with Crippen LogP contribution in [0, 0.1) is 6.92 Å². The number of pyridine rings is 1. The molecule has 1 aromatic rings. The smallest absolute Gasteiger partial charge is 0.0909 e. The van der Waals surface area contributed by atoms with Crippen molar-refractivity contribution in [3.63, 3.8) is 0 Å². The van der Waals surface area contributed by atoms with Crippen LogP contribution < -0.4 is 5.32 Å². The second-order valence-electron chi connectivity index (χ2n) is 6.47. The molecule has 5 heteroatoms. The molecule has 0 saturated carbocycles. The summed E-state index contributed by atoms with van der Waals surface area (Å²) in [6.07, 6.45) is 2.75. The van der Waals surface area contributed by atoms with Crippen molar-refractivity contribution >= 4 is 0 Å². The predicted molar refractivity (Wildman–Crippen MR) is 83.1 cm³/mol. The van der Waals surface area contributed by atoms with Crippen molar-refractivity contribution in [1.29, 1.82) is 0 Å². The molecule has 21 heavy (non-hydrogen) atoms. The molecule has 0 bridgehead atoms. The van der Waals surface area contributed by atoms with Crippen molar-refractivity contribution in [1.82, 2.24) is 20.1 Å². The molecule has 2 aliphatic heterocycles. The molecule has 1 atom stereocenters. The van der Waals surface area contributed by atoms with Crippen molar-refractivity contribution in [2.75, 3.05) is 45.8 Å². The highest BCUT2D eigenvalue weighted by Gasteiger charge is 2.33. The third kappa shape index (κ3) is 3.80. The van der Waals surface area contributed by atoms with Gasteiger partial charge in [-0.05, 0) is 31.5 Å². The van der Waals surface area contributed by atoms with E-state index in [1.54, 1.807) is 0 Å². The van der Waals surface area contributed by atoms with Crippen molar-refractivity contribution in [3.05, 3.63) is 29.6 Å². The van der Waals surface area contributed by atoms with Gasteiger partial charge in [-0.15, -0.1) is 0 Å². The maximum atomic E-state index is 10.5. The van der Waals surface area contributed by atoms with Crippen LogP contribution in [0.1, 0.15) is 17.7 Å². The van der Waals surface area contributed by atoms with Crippen LogP contribution in [-0.2, 0) is 6.54 Å². The number of piperazine rings is 1. The summed E-state index contributed by atoms with van der Waals surface area (Å²) in [5, 5.41) is 13.7. The van der Waals surface area contributed by atoms with Gasteiger partial charge in [-0.3, -0.25) is 14.8 Å². The highest BCUT2D eigenvalue weighted by molar-refractivity contribution is 5.17. The predicted octanol–water partition coefficient (Wildman–Crippen LogP) is 0.232. The third-order valence-corrected chi connectivity index (χ3v) is 4.70. The summed E-state index contributed by atoms with van der Waals surface area (Å²) in [6, 6.07) is 4.12. The van der Waals surface area contributed by atoms with Crippen LogP contribution in [0.5, 0.6) is 0 Å². The Morgan fingerprint density at radius 2 is 2.05 bits per heavy atom. The number of aryl methyl sites for hydroxylation is 1. The normalized spacial score (nSPS) is 28.1. The largest absolute Gasteiger partial charge is 0.387 e. The Balaban J connectivity index is 1.48. The summed E-state index contributed by atoms with van der Waals surface area (Å²) in [4.78, 5) is 9.34. The third-order valence-electron chi connectivity index (χ3n) is 4.70. The average Bonchev–Trinajstić information content (AvgIpc) is 2.90. The fraction of sp³-hybridized carbons (Fsp3) is 0.688. The lowest BCUT2D eigenvalue weighted by Crippen LogP contribution is -2.52. The van der Waals surface area contributed by atoms with Crippen LogP contribution in [-0.4, -0.2) is 71.3 Å². The van der Waals surface area contributed by atoms with E-state index in [-0.39, 0.29) is 0 Å². The van der Waals surface area contributed by atoms with E-state index in [4.69, 9.17) is 0 Å². The molecule has 0 aromatic carbocycles. The van der Waals surface area contributed by atoms with Gasteiger partial charge in [0.05, 0.1) is 11.3 Å². The Morgan fingerprint density at radius 1 is 1.29 bits per heavy atom. The molecule has 0 unspecified atom stereocenters. The molecule has 0 radical (unpaired) electrons. The number of aliphatic hydroxyl groups is 1. The highest BCUT2D eigenvalue weighted by Crippen LogP contribution is 2.17. The SMILES string of the molecule is Cc1cccnc1CN1CCN(C[C@]2(O)CCNC2)CC1. The standard InChI is InChI=1S/C16H26N4O/c1-14-3-2-5-18-15(14)11-19-7-9-20(10-8-19)13-16(21)4-6-17-12-16/h2-3,5,17,21H,4,6-13H2,1H3/t16-/m0/s1. The zero-order valence-electron chi connectivity index (χ0n) is 12.9. The monoisotopic (exact) mass is 290 g/mol. The highest BCUT2D eigenvalue weighted by atomic mass is 16.3. The molecule has 3 rings (SSSR count). The van der Waals surface area contributed by atoms with E-state index in [0.29, 0.717) is 0 Å². The van der Waals surface area contributed by atoms with E-state index < -0.39 is 5.60 Å². The Labute approximate surface area is 127 Å². The van der Waals surface area contributed by atoms with Gasteiger partial charge < -0.3 is 10.4 Å². The molecule has 0 amide bonds. The topological polar surface area (TPSA) is 51.6 Å². The summed E-state index contributed by atoms with van der Waals surface area (Å²) < 4.78 is 0. The van der Waals surface area contributed by atoms with Gasteiger partial charge in [0, 0.05) is 52.0 Å². The maximum Gasteiger partial charge on any atom is 0.0909 e. The molecule has 0 aliphatic carbocycles. The van der Waals surface area contributed by atoms with Crippen LogP contribution in [0.3, 0.4) is 0 Å². The molecule has 2 aliphatic rings. The summed E-state index contributed by atoms with van der Waals surface area (Å²) in [5.41, 5.74) is 1.94. The molecular formula is C16H26N4O. The summed E-state index contributed by atoms with van der Waals surface area (Å²) >= 11 is 0. The minimum absolute atomic E-state index is 0.514. The summed E-state index contributed by atoms with van der Waals surface area (Å²) in [6.45, 7) is 9.72. The Bertz CT molecular complexity index is 465. The fourth-order valence-corrected chi connectivity index (χ4v) is 3.28. The van der Waals surface area contributed by atoms with Gasteiger partial charge in [0.15, 0.2) is 0 Å².